The molecule has 23 heavy (non-hydrogen) atoms. The fourth-order valence-corrected chi connectivity index (χ4v) is 5.48. The number of azide groups is 1. The second kappa shape index (κ2) is 5.57. The maximum atomic E-state index is 12.3. The third-order valence-electron chi connectivity index (χ3n) is 5.94. The standard InChI is InChI=1S/C18H21N3O2/c19-21-20-16-3-1-15(2-4-16)17(22)23-11-18-8-12-5-13(9-18)7-14(6-12)10-18/h1-4,12-14H,5-11H2. The van der Waals surface area contributed by atoms with Crippen molar-refractivity contribution < 1.29 is 9.53 Å². The van der Waals surface area contributed by atoms with Gasteiger partial charge in [-0.25, -0.2) is 4.79 Å². The van der Waals surface area contributed by atoms with Gasteiger partial charge in [0.25, 0.3) is 0 Å². The minimum Gasteiger partial charge on any atom is -0.462 e. The van der Waals surface area contributed by atoms with Gasteiger partial charge in [-0.05, 0) is 73.9 Å². The second-order valence-electron chi connectivity index (χ2n) is 7.73. The lowest BCUT2D eigenvalue weighted by molar-refractivity contribution is -0.0848. The maximum absolute atomic E-state index is 12.3. The Morgan fingerprint density at radius 3 is 2.22 bits per heavy atom. The number of carbonyl (C=O) groups excluding carboxylic acids is 1. The molecule has 4 bridgehead atoms. The van der Waals surface area contributed by atoms with E-state index in [1.807, 2.05) is 0 Å². The molecule has 0 amide bonds. The molecule has 0 N–H and O–H groups in total. The largest absolute Gasteiger partial charge is 0.462 e. The molecule has 5 heteroatoms. The summed E-state index contributed by atoms with van der Waals surface area (Å²) in [4.78, 5) is 15.0. The molecule has 0 aliphatic heterocycles. The zero-order chi connectivity index (χ0) is 15.9. The van der Waals surface area contributed by atoms with Gasteiger partial charge < -0.3 is 4.74 Å². The van der Waals surface area contributed by atoms with Crippen molar-refractivity contribution in [3.05, 3.63) is 40.3 Å². The Balaban J connectivity index is 1.40. The molecule has 0 unspecified atom stereocenters. The van der Waals surface area contributed by atoms with E-state index in [4.69, 9.17) is 10.3 Å². The second-order valence-corrected chi connectivity index (χ2v) is 7.73. The van der Waals surface area contributed by atoms with Crippen LogP contribution in [0.3, 0.4) is 0 Å². The first kappa shape index (κ1) is 14.6. The van der Waals surface area contributed by atoms with Crippen LogP contribution in [0, 0.1) is 23.2 Å². The summed E-state index contributed by atoms with van der Waals surface area (Å²) in [5, 5.41) is 3.51. The first-order valence-corrected chi connectivity index (χ1v) is 8.48. The molecule has 0 aromatic heterocycles. The lowest BCUT2D eigenvalue weighted by Gasteiger charge is -2.56. The van der Waals surface area contributed by atoms with Crippen LogP contribution in [-0.4, -0.2) is 12.6 Å². The molecule has 4 fully saturated rings. The van der Waals surface area contributed by atoms with Crippen LogP contribution in [0.15, 0.2) is 29.4 Å². The highest BCUT2D eigenvalue weighted by Gasteiger charge is 2.51. The molecule has 0 radical (unpaired) electrons. The molecule has 0 atom stereocenters. The molecule has 0 saturated heterocycles. The molecule has 1 aromatic rings. The van der Waals surface area contributed by atoms with Crippen LogP contribution in [0.1, 0.15) is 48.9 Å². The average Bonchev–Trinajstić information content (AvgIpc) is 2.52. The highest BCUT2D eigenvalue weighted by molar-refractivity contribution is 5.89. The van der Waals surface area contributed by atoms with Crippen LogP contribution in [0.5, 0.6) is 0 Å². The van der Waals surface area contributed by atoms with E-state index in [1.165, 1.54) is 38.5 Å². The summed E-state index contributed by atoms with van der Waals surface area (Å²) in [6.45, 7) is 0.563. The number of carbonyl (C=O) groups is 1. The number of esters is 1. The van der Waals surface area contributed by atoms with E-state index in [1.54, 1.807) is 24.3 Å². The monoisotopic (exact) mass is 311 g/mol. The molecular weight excluding hydrogens is 290 g/mol. The van der Waals surface area contributed by atoms with Gasteiger partial charge >= 0.3 is 5.97 Å². The lowest BCUT2D eigenvalue weighted by Crippen LogP contribution is -2.48. The minimum absolute atomic E-state index is 0.245. The molecule has 0 spiro atoms. The van der Waals surface area contributed by atoms with E-state index in [9.17, 15) is 4.79 Å². The summed E-state index contributed by atoms with van der Waals surface area (Å²) < 4.78 is 5.67. The van der Waals surface area contributed by atoms with Gasteiger partial charge in [-0.3, -0.25) is 0 Å². The predicted octanol–water partition coefficient (Wildman–Crippen LogP) is 5.00. The van der Waals surface area contributed by atoms with Gasteiger partial charge in [0, 0.05) is 16.0 Å². The van der Waals surface area contributed by atoms with Crippen molar-refractivity contribution in [2.45, 2.75) is 38.5 Å². The molecule has 4 aliphatic rings. The summed E-state index contributed by atoms with van der Waals surface area (Å²) in [7, 11) is 0. The van der Waals surface area contributed by atoms with Crippen molar-refractivity contribution in [2.75, 3.05) is 6.61 Å². The fraction of sp³-hybridized carbons (Fsp3) is 0.611. The zero-order valence-corrected chi connectivity index (χ0v) is 13.1. The average molecular weight is 311 g/mol. The topological polar surface area (TPSA) is 75.1 Å². The Hall–Kier alpha value is -2.00. The lowest BCUT2D eigenvalue weighted by atomic mass is 9.50. The highest BCUT2D eigenvalue weighted by atomic mass is 16.5. The number of nitrogens with zero attached hydrogens (tertiary/aromatic N) is 3. The van der Waals surface area contributed by atoms with Crippen LogP contribution in [0.2, 0.25) is 0 Å². The Kier molecular flexibility index (Phi) is 3.53. The number of benzene rings is 1. The number of hydrogen-bond acceptors (Lipinski definition) is 3. The van der Waals surface area contributed by atoms with Crippen molar-refractivity contribution in [3.63, 3.8) is 0 Å². The van der Waals surface area contributed by atoms with Gasteiger partial charge in [-0.2, -0.15) is 0 Å². The van der Waals surface area contributed by atoms with E-state index in [0.29, 0.717) is 17.9 Å². The van der Waals surface area contributed by atoms with Crippen molar-refractivity contribution in [1.82, 2.24) is 0 Å². The predicted molar refractivity (Wildman–Crippen MR) is 86.1 cm³/mol. The Morgan fingerprint density at radius 2 is 1.70 bits per heavy atom. The smallest absolute Gasteiger partial charge is 0.338 e. The van der Waals surface area contributed by atoms with Gasteiger partial charge in [-0.15, -0.1) is 0 Å². The Bertz CT molecular complexity index is 626. The summed E-state index contributed by atoms with van der Waals surface area (Å²) in [6, 6.07) is 6.60. The number of hydrogen-bond donors (Lipinski definition) is 0. The molecule has 0 heterocycles. The Morgan fingerprint density at radius 1 is 1.13 bits per heavy atom. The van der Waals surface area contributed by atoms with Crippen LogP contribution >= 0.6 is 0 Å². The van der Waals surface area contributed by atoms with E-state index in [2.05, 4.69) is 10.0 Å². The van der Waals surface area contributed by atoms with E-state index in [0.717, 1.165) is 17.8 Å². The molecule has 4 aliphatic carbocycles. The fourth-order valence-electron chi connectivity index (χ4n) is 5.48. The molecule has 120 valence electrons. The molecule has 4 saturated carbocycles. The molecule has 5 nitrogen and oxygen atoms in total. The van der Waals surface area contributed by atoms with Crippen LogP contribution in [-0.2, 0) is 4.74 Å². The summed E-state index contributed by atoms with van der Waals surface area (Å²) >= 11 is 0. The minimum atomic E-state index is -0.270. The zero-order valence-electron chi connectivity index (χ0n) is 13.1. The molecule has 1 aromatic carbocycles. The van der Waals surface area contributed by atoms with Crippen LogP contribution < -0.4 is 0 Å². The van der Waals surface area contributed by atoms with Gasteiger partial charge in [0.1, 0.15) is 0 Å². The van der Waals surface area contributed by atoms with Gasteiger partial charge in [-0.1, -0.05) is 17.2 Å². The first-order valence-electron chi connectivity index (χ1n) is 8.48. The van der Waals surface area contributed by atoms with E-state index in [-0.39, 0.29) is 11.4 Å². The molecule has 5 rings (SSSR count). The van der Waals surface area contributed by atoms with Crippen molar-refractivity contribution in [2.24, 2.45) is 28.3 Å². The van der Waals surface area contributed by atoms with Gasteiger partial charge in [0.2, 0.25) is 0 Å². The summed E-state index contributed by atoms with van der Waals surface area (Å²) in [5.41, 5.74) is 9.67. The van der Waals surface area contributed by atoms with Crippen molar-refractivity contribution >= 4 is 11.7 Å². The molecular formula is C18H21N3O2. The van der Waals surface area contributed by atoms with E-state index < -0.39 is 0 Å². The maximum Gasteiger partial charge on any atom is 0.338 e. The van der Waals surface area contributed by atoms with E-state index >= 15 is 0 Å². The third-order valence-corrected chi connectivity index (χ3v) is 5.94. The van der Waals surface area contributed by atoms with Crippen LogP contribution in [0.25, 0.3) is 10.4 Å². The number of ether oxygens (including phenoxy) is 1. The summed E-state index contributed by atoms with van der Waals surface area (Å²) in [5.74, 6) is 2.32. The van der Waals surface area contributed by atoms with Crippen molar-refractivity contribution in [1.29, 1.82) is 0 Å². The highest BCUT2D eigenvalue weighted by Crippen LogP contribution is 2.60. The summed E-state index contributed by atoms with van der Waals surface area (Å²) in [6.07, 6.45) is 7.91. The van der Waals surface area contributed by atoms with Crippen molar-refractivity contribution in [3.8, 4) is 0 Å². The first-order chi connectivity index (χ1) is 11.2. The SMILES string of the molecule is [N-]=[N+]=Nc1ccc(C(=O)OCC23CC4CC(CC(C4)C2)C3)cc1. The normalized spacial score (nSPS) is 34.0. The number of rotatable bonds is 4. The van der Waals surface area contributed by atoms with Gasteiger partial charge in [0.05, 0.1) is 12.2 Å². The quantitative estimate of drug-likeness (QED) is 0.339. The van der Waals surface area contributed by atoms with Crippen LogP contribution in [0.4, 0.5) is 5.69 Å². The third kappa shape index (κ3) is 2.81. The van der Waals surface area contributed by atoms with Gasteiger partial charge in [0.15, 0.2) is 0 Å². The Labute approximate surface area is 135 Å².